The molecule has 0 amide bonds. The minimum Gasteiger partial charge on any atom is -0.469 e. The minimum atomic E-state index is 0.0375. The summed E-state index contributed by atoms with van der Waals surface area (Å²) in [6.45, 7) is 7.16. The van der Waals surface area contributed by atoms with Crippen molar-refractivity contribution in [2.75, 3.05) is 6.54 Å². The summed E-state index contributed by atoms with van der Waals surface area (Å²) in [6.07, 6.45) is 2.81. The third-order valence-corrected chi connectivity index (χ3v) is 3.85. The van der Waals surface area contributed by atoms with Crippen molar-refractivity contribution in [1.29, 1.82) is 0 Å². The molecular formula is C18H21NO2. The summed E-state index contributed by atoms with van der Waals surface area (Å²) in [5.41, 5.74) is 3.27. The van der Waals surface area contributed by atoms with Gasteiger partial charge in [0.05, 0.1) is 12.3 Å². The van der Waals surface area contributed by atoms with Gasteiger partial charge in [-0.25, -0.2) is 0 Å². The van der Waals surface area contributed by atoms with Crippen LogP contribution in [0.2, 0.25) is 0 Å². The molecule has 0 aliphatic heterocycles. The number of benzene rings is 1. The van der Waals surface area contributed by atoms with E-state index in [9.17, 15) is 0 Å². The van der Waals surface area contributed by atoms with Gasteiger partial charge >= 0.3 is 0 Å². The Morgan fingerprint density at radius 1 is 1.19 bits per heavy atom. The first-order valence-electron chi connectivity index (χ1n) is 7.47. The summed E-state index contributed by atoms with van der Waals surface area (Å²) >= 11 is 0. The second kappa shape index (κ2) is 5.78. The number of fused-ring (bicyclic) bond motifs is 1. The molecule has 0 radical (unpaired) electrons. The van der Waals surface area contributed by atoms with Crippen LogP contribution < -0.4 is 5.32 Å². The van der Waals surface area contributed by atoms with Gasteiger partial charge in [0.15, 0.2) is 0 Å². The first-order valence-corrected chi connectivity index (χ1v) is 7.47. The molecule has 0 saturated carbocycles. The van der Waals surface area contributed by atoms with Crippen LogP contribution in [0, 0.1) is 13.8 Å². The molecule has 3 aromatic rings. The summed E-state index contributed by atoms with van der Waals surface area (Å²) < 4.78 is 11.6. The van der Waals surface area contributed by atoms with Crippen molar-refractivity contribution in [2.45, 2.75) is 33.2 Å². The molecule has 3 rings (SSSR count). The number of para-hydroxylation sites is 1. The van der Waals surface area contributed by atoms with Crippen LogP contribution in [0.15, 0.2) is 45.4 Å². The van der Waals surface area contributed by atoms with Crippen molar-refractivity contribution >= 4 is 11.0 Å². The molecular weight excluding hydrogens is 262 g/mol. The van der Waals surface area contributed by atoms with Crippen molar-refractivity contribution in [3.63, 3.8) is 0 Å². The number of furan rings is 2. The monoisotopic (exact) mass is 283 g/mol. The lowest BCUT2D eigenvalue weighted by Crippen LogP contribution is -2.22. The van der Waals surface area contributed by atoms with Crippen LogP contribution in [0.1, 0.15) is 42.0 Å². The quantitative estimate of drug-likeness (QED) is 0.735. The molecule has 3 heteroatoms. The number of nitrogens with one attached hydrogen (secondary N) is 1. The molecule has 2 heterocycles. The van der Waals surface area contributed by atoms with E-state index in [1.807, 2.05) is 13.0 Å². The highest BCUT2D eigenvalue weighted by Gasteiger charge is 2.21. The van der Waals surface area contributed by atoms with Crippen LogP contribution in [-0.4, -0.2) is 6.54 Å². The maximum atomic E-state index is 6.13. The van der Waals surface area contributed by atoms with Crippen LogP contribution in [0.5, 0.6) is 0 Å². The molecule has 3 nitrogen and oxygen atoms in total. The summed E-state index contributed by atoms with van der Waals surface area (Å²) in [5, 5.41) is 4.70. The largest absolute Gasteiger partial charge is 0.469 e. The lowest BCUT2D eigenvalue weighted by molar-refractivity contribution is 0.458. The van der Waals surface area contributed by atoms with Gasteiger partial charge in [-0.3, -0.25) is 0 Å². The van der Waals surface area contributed by atoms with E-state index in [2.05, 4.69) is 43.4 Å². The number of hydrogen-bond donors (Lipinski definition) is 1. The fourth-order valence-corrected chi connectivity index (χ4v) is 2.72. The average Bonchev–Trinajstić information content (AvgIpc) is 3.07. The van der Waals surface area contributed by atoms with Crippen LogP contribution in [0.25, 0.3) is 11.0 Å². The first-order chi connectivity index (χ1) is 10.2. The van der Waals surface area contributed by atoms with Crippen LogP contribution in [0.3, 0.4) is 0 Å². The predicted molar refractivity (Wildman–Crippen MR) is 84.5 cm³/mol. The predicted octanol–water partition coefficient (Wildman–Crippen LogP) is 4.73. The summed E-state index contributed by atoms with van der Waals surface area (Å²) in [5.74, 6) is 1.87. The Hall–Kier alpha value is -2.00. The lowest BCUT2D eigenvalue weighted by Gasteiger charge is -2.15. The van der Waals surface area contributed by atoms with Gasteiger partial charge in [0, 0.05) is 10.9 Å². The van der Waals surface area contributed by atoms with Crippen LogP contribution >= 0.6 is 0 Å². The third kappa shape index (κ3) is 2.61. The Kier molecular flexibility index (Phi) is 3.84. The molecule has 0 spiro atoms. The molecule has 1 atom stereocenters. The van der Waals surface area contributed by atoms with Gasteiger partial charge in [0.2, 0.25) is 0 Å². The number of rotatable bonds is 5. The maximum absolute atomic E-state index is 6.13. The van der Waals surface area contributed by atoms with E-state index in [4.69, 9.17) is 8.83 Å². The Morgan fingerprint density at radius 2 is 2.05 bits per heavy atom. The van der Waals surface area contributed by atoms with Crippen molar-refractivity contribution in [2.24, 2.45) is 0 Å². The topological polar surface area (TPSA) is 38.3 Å². The zero-order chi connectivity index (χ0) is 14.8. The zero-order valence-electron chi connectivity index (χ0n) is 12.8. The molecule has 1 aromatic carbocycles. The molecule has 2 aromatic heterocycles. The first kappa shape index (κ1) is 14.0. The van der Waals surface area contributed by atoms with Crippen molar-refractivity contribution in [3.8, 4) is 0 Å². The van der Waals surface area contributed by atoms with E-state index in [1.165, 1.54) is 0 Å². The standard InChI is InChI=1S/C18H21NO2/c1-4-9-19-17(15-8-10-20-13(15)3)16-11-14-7-5-6-12(2)18(14)21-16/h5-8,10-11,17,19H,4,9H2,1-3H3. The molecule has 0 aliphatic carbocycles. The van der Waals surface area contributed by atoms with Gasteiger partial charge in [0.25, 0.3) is 0 Å². The van der Waals surface area contributed by atoms with E-state index < -0.39 is 0 Å². The highest BCUT2D eigenvalue weighted by atomic mass is 16.3. The van der Waals surface area contributed by atoms with Gasteiger partial charge in [-0.1, -0.05) is 25.1 Å². The Balaban J connectivity index is 2.05. The molecule has 1 N–H and O–H groups in total. The molecule has 1 unspecified atom stereocenters. The van der Waals surface area contributed by atoms with Crippen molar-refractivity contribution < 1.29 is 8.83 Å². The Morgan fingerprint density at radius 3 is 2.71 bits per heavy atom. The molecule has 0 fully saturated rings. The fourth-order valence-electron chi connectivity index (χ4n) is 2.72. The van der Waals surface area contributed by atoms with Crippen molar-refractivity contribution in [1.82, 2.24) is 5.32 Å². The molecule has 21 heavy (non-hydrogen) atoms. The highest BCUT2D eigenvalue weighted by Crippen LogP contribution is 2.31. The van der Waals surface area contributed by atoms with Gasteiger partial charge < -0.3 is 14.2 Å². The Labute approximate surface area is 124 Å². The van der Waals surface area contributed by atoms with Gasteiger partial charge in [-0.05, 0) is 44.5 Å². The molecule has 0 aliphatic rings. The van der Waals surface area contributed by atoms with Crippen LogP contribution in [-0.2, 0) is 0 Å². The molecule has 0 bridgehead atoms. The number of aryl methyl sites for hydroxylation is 2. The smallest absolute Gasteiger partial charge is 0.137 e. The fraction of sp³-hybridized carbons (Fsp3) is 0.333. The summed E-state index contributed by atoms with van der Waals surface area (Å²) in [6, 6.07) is 10.4. The normalized spacial score (nSPS) is 12.9. The minimum absolute atomic E-state index is 0.0375. The zero-order valence-corrected chi connectivity index (χ0v) is 12.8. The summed E-state index contributed by atoms with van der Waals surface area (Å²) in [7, 11) is 0. The summed E-state index contributed by atoms with van der Waals surface area (Å²) in [4.78, 5) is 0. The van der Waals surface area contributed by atoms with Gasteiger partial charge in [-0.2, -0.15) is 0 Å². The van der Waals surface area contributed by atoms with E-state index in [0.717, 1.165) is 46.6 Å². The van der Waals surface area contributed by atoms with E-state index in [1.54, 1.807) is 6.26 Å². The van der Waals surface area contributed by atoms with E-state index in [0.29, 0.717) is 0 Å². The van der Waals surface area contributed by atoms with Crippen molar-refractivity contribution in [3.05, 3.63) is 59.2 Å². The third-order valence-electron chi connectivity index (χ3n) is 3.85. The van der Waals surface area contributed by atoms with E-state index >= 15 is 0 Å². The lowest BCUT2D eigenvalue weighted by atomic mass is 10.0. The van der Waals surface area contributed by atoms with Crippen LogP contribution in [0.4, 0.5) is 0 Å². The van der Waals surface area contributed by atoms with Gasteiger partial charge in [0.1, 0.15) is 17.1 Å². The molecule has 110 valence electrons. The SMILES string of the molecule is CCCNC(c1cc2cccc(C)c2o1)c1ccoc1C. The maximum Gasteiger partial charge on any atom is 0.137 e. The Bertz CT molecular complexity index is 739. The molecule has 0 saturated heterocycles. The second-order valence-corrected chi connectivity index (χ2v) is 5.46. The van der Waals surface area contributed by atoms with E-state index in [-0.39, 0.29) is 6.04 Å². The number of hydrogen-bond acceptors (Lipinski definition) is 3. The van der Waals surface area contributed by atoms with Gasteiger partial charge in [-0.15, -0.1) is 0 Å². The highest BCUT2D eigenvalue weighted by molar-refractivity contribution is 5.81. The second-order valence-electron chi connectivity index (χ2n) is 5.46. The average molecular weight is 283 g/mol.